The minimum atomic E-state index is -5.12. The molecule has 0 unspecified atom stereocenters. The number of sulfonamides is 1. The summed E-state index contributed by atoms with van der Waals surface area (Å²) in [6, 6.07) is 5.41. The van der Waals surface area contributed by atoms with Crippen molar-refractivity contribution in [2.75, 3.05) is 5.43 Å². The van der Waals surface area contributed by atoms with Gasteiger partial charge in [-0.1, -0.05) is 12.1 Å². The molecule has 1 aromatic carbocycles. The maximum absolute atomic E-state index is 12.4. The molecule has 0 amide bonds. The lowest BCUT2D eigenvalue weighted by atomic mass is 10.3. The molecule has 0 atom stereocenters. The predicted octanol–water partition coefficient (Wildman–Crippen LogP) is 3.30. The van der Waals surface area contributed by atoms with Gasteiger partial charge < -0.3 is 4.74 Å². The van der Waals surface area contributed by atoms with Crippen molar-refractivity contribution in [2.45, 2.75) is 17.4 Å². The van der Waals surface area contributed by atoms with E-state index in [0.717, 1.165) is 30.3 Å². The van der Waals surface area contributed by atoms with Crippen LogP contribution in [-0.2, 0) is 16.2 Å². The van der Waals surface area contributed by atoms with E-state index in [-0.39, 0.29) is 5.82 Å². The highest BCUT2D eigenvalue weighted by Crippen LogP contribution is 2.30. The van der Waals surface area contributed by atoms with Gasteiger partial charge in [-0.3, -0.25) is 5.43 Å². The van der Waals surface area contributed by atoms with Gasteiger partial charge in [0.1, 0.15) is 16.5 Å². The monoisotopic (exact) mass is 401 g/mol. The Morgan fingerprint density at radius 3 is 2.15 bits per heavy atom. The summed E-state index contributed by atoms with van der Waals surface area (Å²) in [5.74, 6) is -1.29. The van der Waals surface area contributed by atoms with Crippen molar-refractivity contribution in [3.05, 3.63) is 48.2 Å². The molecular weight excluding hydrogens is 392 g/mol. The van der Waals surface area contributed by atoms with Crippen molar-refractivity contribution < 1.29 is 39.5 Å². The van der Waals surface area contributed by atoms with Crippen LogP contribution in [0.25, 0.3) is 0 Å². The molecule has 0 spiro atoms. The van der Waals surface area contributed by atoms with E-state index in [9.17, 15) is 34.8 Å². The molecule has 142 valence electrons. The van der Waals surface area contributed by atoms with Gasteiger partial charge in [-0.25, -0.2) is 13.4 Å². The lowest BCUT2D eigenvalue weighted by molar-refractivity contribution is -0.275. The van der Waals surface area contributed by atoms with Crippen molar-refractivity contribution in [1.82, 2.24) is 9.82 Å². The van der Waals surface area contributed by atoms with Crippen LogP contribution < -0.4 is 15.0 Å². The summed E-state index contributed by atoms with van der Waals surface area (Å²) in [6.07, 6.45) is -9.29. The molecule has 2 rings (SSSR count). The molecule has 0 radical (unpaired) electrons. The Morgan fingerprint density at radius 2 is 1.62 bits per heavy atom. The summed E-state index contributed by atoms with van der Waals surface area (Å²) in [4.78, 5) is 4.23. The van der Waals surface area contributed by atoms with E-state index in [1.165, 1.54) is 0 Å². The third-order valence-electron chi connectivity index (χ3n) is 2.77. The molecule has 0 aliphatic rings. The molecule has 0 bridgehead atoms. The van der Waals surface area contributed by atoms with E-state index in [2.05, 4.69) is 9.72 Å². The first-order chi connectivity index (χ1) is 11.9. The molecular formula is C13H9F6N3O3S. The highest BCUT2D eigenvalue weighted by Gasteiger charge is 2.34. The largest absolute Gasteiger partial charge is 0.573 e. The van der Waals surface area contributed by atoms with Gasteiger partial charge in [0.05, 0.1) is 5.56 Å². The summed E-state index contributed by atoms with van der Waals surface area (Å²) in [5.41, 5.74) is 0.939. The van der Waals surface area contributed by atoms with Crippen LogP contribution in [0.4, 0.5) is 32.2 Å². The van der Waals surface area contributed by atoms with E-state index in [4.69, 9.17) is 0 Å². The Morgan fingerprint density at radius 1 is 0.962 bits per heavy atom. The minimum Gasteiger partial charge on any atom is -0.404 e. The molecule has 26 heavy (non-hydrogen) atoms. The number of benzene rings is 1. The van der Waals surface area contributed by atoms with E-state index in [1.54, 1.807) is 4.83 Å². The van der Waals surface area contributed by atoms with Gasteiger partial charge in [0, 0.05) is 6.20 Å². The Balaban J connectivity index is 2.17. The van der Waals surface area contributed by atoms with E-state index < -0.39 is 38.8 Å². The minimum absolute atomic E-state index is 0.309. The lowest BCUT2D eigenvalue weighted by Gasteiger charge is -2.14. The molecule has 13 heteroatoms. The SMILES string of the molecule is O=S(=O)(NNc1ccc(C(F)(F)F)cn1)c1ccccc1OC(F)(F)F. The van der Waals surface area contributed by atoms with Crippen molar-refractivity contribution in [3.63, 3.8) is 0 Å². The summed E-state index contributed by atoms with van der Waals surface area (Å²) in [6.45, 7) is 0. The van der Waals surface area contributed by atoms with Crippen LogP contribution in [0.3, 0.4) is 0 Å². The number of hydrogen-bond acceptors (Lipinski definition) is 5. The normalized spacial score (nSPS) is 12.7. The fourth-order valence-corrected chi connectivity index (χ4v) is 2.67. The van der Waals surface area contributed by atoms with Crippen LogP contribution in [0.1, 0.15) is 5.56 Å². The number of anilines is 1. The first-order valence-electron chi connectivity index (χ1n) is 6.54. The molecule has 6 nitrogen and oxygen atoms in total. The van der Waals surface area contributed by atoms with Crippen molar-refractivity contribution in [1.29, 1.82) is 0 Å². The highest BCUT2D eigenvalue weighted by atomic mass is 32.2. The molecule has 0 fully saturated rings. The Hall–Kier alpha value is -2.54. The van der Waals surface area contributed by atoms with Gasteiger partial charge in [0.25, 0.3) is 10.0 Å². The zero-order chi connectivity index (χ0) is 19.6. The molecule has 0 aliphatic heterocycles. The molecule has 0 aliphatic carbocycles. The summed E-state index contributed by atoms with van der Waals surface area (Å²) >= 11 is 0. The van der Waals surface area contributed by atoms with Gasteiger partial charge in [-0.2, -0.15) is 13.2 Å². The molecule has 0 saturated heterocycles. The number of para-hydroxylation sites is 1. The van der Waals surface area contributed by atoms with Crippen molar-refractivity contribution >= 4 is 15.8 Å². The van der Waals surface area contributed by atoms with E-state index in [0.29, 0.717) is 12.3 Å². The number of halogens is 6. The number of aromatic nitrogens is 1. The average Bonchev–Trinajstić information content (AvgIpc) is 2.51. The Labute approximate surface area is 142 Å². The number of nitrogens with one attached hydrogen (secondary N) is 2. The molecule has 1 heterocycles. The number of alkyl halides is 6. The number of hydrogen-bond donors (Lipinski definition) is 2. The van der Waals surface area contributed by atoms with Crippen LogP contribution in [0, 0.1) is 0 Å². The second kappa shape index (κ2) is 6.99. The zero-order valence-electron chi connectivity index (χ0n) is 12.4. The fraction of sp³-hybridized carbons (Fsp3) is 0.154. The van der Waals surface area contributed by atoms with Gasteiger partial charge in [-0.05, 0) is 24.3 Å². The Kier molecular flexibility index (Phi) is 5.32. The maximum Gasteiger partial charge on any atom is 0.573 e. The summed E-state index contributed by atoms with van der Waals surface area (Å²) < 4.78 is 102. The number of rotatable bonds is 5. The van der Waals surface area contributed by atoms with Crippen LogP contribution in [-0.4, -0.2) is 19.8 Å². The number of nitrogens with zero attached hydrogens (tertiary/aromatic N) is 1. The first-order valence-corrected chi connectivity index (χ1v) is 8.03. The lowest BCUT2D eigenvalue weighted by Crippen LogP contribution is -2.31. The van der Waals surface area contributed by atoms with Crippen molar-refractivity contribution in [2.24, 2.45) is 0 Å². The van der Waals surface area contributed by atoms with Gasteiger partial charge in [0.15, 0.2) is 0 Å². The Bertz CT molecular complexity index is 866. The molecule has 2 N–H and O–H groups in total. The van der Waals surface area contributed by atoms with Gasteiger partial charge in [0.2, 0.25) is 0 Å². The second-order valence-corrected chi connectivity index (χ2v) is 6.31. The molecule has 2 aromatic rings. The summed E-state index contributed by atoms with van der Waals surface area (Å²) in [5, 5.41) is 0. The third-order valence-corrected chi connectivity index (χ3v) is 4.06. The van der Waals surface area contributed by atoms with Gasteiger partial charge >= 0.3 is 12.5 Å². The summed E-state index contributed by atoms with van der Waals surface area (Å²) in [7, 11) is -4.55. The van der Waals surface area contributed by atoms with Crippen LogP contribution in [0.2, 0.25) is 0 Å². The van der Waals surface area contributed by atoms with Crippen LogP contribution in [0.5, 0.6) is 5.75 Å². The van der Waals surface area contributed by atoms with E-state index >= 15 is 0 Å². The van der Waals surface area contributed by atoms with Crippen LogP contribution in [0.15, 0.2) is 47.5 Å². The highest BCUT2D eigenvalue weighted by molar-refractivity contribution is 7.89. The smallest absolute Gasteiger partial charge is 0.404 e. The predicted molar refractivity (Wildman–Crippen MR) is 76.3 cm³/mol. The van der Waals surface area contributed by atoms with Gasteiger partial charge in [-0.15, -0.1) is 18.0 Å². The first kappa shape index (κ1) is 19.8. The maximum atomic E-state index is 12.4. The van der Waals surface area contributed by atoms with Crippen molar-refractivity contribution in [3.8, 4) is 5.75 Å². The van der Waals surface area contributed by atoms with Crippen LogP contribution >= 0.6 is 0 Å². The number of hydrazine groups is 1. The fourth-order valence-electron chi connectivity index (χ4n) is 1.69. The second-order valence-electron chi connectivity index (χ2n) is 4.65. The average molecular weight is 401 g/mol. The number of ether oxygens (including phenoxy) is 1. The zero-order valence-corrected chi connectivity index (χ0v) is 13.2. The topological polar surface area (TPSA) is 80.3 Å². The number of pyridine rings is 1. The standard InChI is InChI=1S/C13H9F6N3O3S/c14-12(15,16)8-5-6-11(20-7-8)21-22-26(23,24)10-4-2-1-3-9(10)25-13(17,18)19/h1-7,22H,(H,20,21). The quantitative estimate of drug-likeness (QED) is 0.594. The third kappa shape index (κ3) is 5.23. The molecule has 1 aromatic heterocycles. The van der Waals surface area contributed by atoms with E-state index in [1.807, 2.05) is 5.43 Å². The molecule has 0 saturated carbocycles.